The molecule has 0 bridgehead atoms. The van der Waals surface area contributed by atoms with Crippen molar-refractivity contribution < 1.29 is 14.3 Å². The van der Waals surface area contributed by atoms with Gasteiger partial charge in [-0.15, -0.1) is 5.10 Å². The lowest BCUT2D eigenvalue weighted by Crippen LogP contribution is -2.51. The molecule has 1 amide bonds. The van der Waals surface area contributed by atoms with E-state index in [1.165, 1.54) is 0 Å². The lowest BCUT2D eigenvalue weighted by Gasteiger charge is -2.36. The fraction of sp³-hybridized carbons (Fsp3) is 0.214. The largest absolute Gasteiger partial charge is 0.447 e. The number of ether oxygens (including phenoxy) is 1. The summed E-state index contributed by atoms with van der Waals surface area (Å²) in [5, 5.41) is 4.42. The number of carbonyl (C=O) groups is 2. The van der Waals surface area contributed by atoms with Crippen molar-refractivity contribution in [2.75, 3.05) is 31.1 Å². The molecule has 8 nitrogen and oxygen atoms in total. The average molecular weight is 482 g/mol. The van der Waals surface area contributed by atoms with Gasteiger partial charge < -0.3 is 14.5 Å². The number of aromatic nitrogens is 3. The maximum Gasteiger partial charge on any atom is 0.379 e. The molecule has 1 saturated heterocycles. The molecular formula is C28H27N5O3. The van der Waals surface area contributed by atoms with Crippen LogP contribution in [0.2, 0.25) is 0 Å². The van der Waals surface area contributed by atoms with Crippen molar-refractivity contribution in [3.63, 3.8) is 0 Å². The van der Waals surface area contributed by atoms with Gasteiger partial charge in [0.2, 0.25) is 0 Å². The molecule has 36 heavy (non-hydrogen) atoms. The number of rotatable bonds is 6. The maximum absolute atomic E-state index is 13.0. The molecule has 1 aromatic heterocycles. The summed E-state index contributed by atoms with van der Waals surface area (Å²) >= 11 is 0. The molecule has 3 aromatic carbocycles. The quantitative estimate of drug-likeness (QED) is 0.390. The van der Waals surface area contributed by atoms with E-state index in [4.69, 9.17) is 4.74 Å². The minimum Gasteiger partial charge on any atom is -0.447 e. The van der Waals surface area contributed by atoms with Crippen molar-refractivity contribution >= 4 is 17.6 Å². The first-order valence-electron chi connectivity index (χ1n) is 12.0. The Morgan fingerprint density at radius 2 is 1.33 bits per heavy atom. The maximum atomic E-state index is 13.0. The zero-order chi connectivity index (χ0) is 24.9. The van der Waals surface area contributed by atoms with Crippen LogP contribution >= 0.6 is 0 Å². The minimum atomic E-state index is -0.940. The summed E-state index contributed by atoms with van der Waals surface area (Å²) < 4.78 is 7.13. The van der Waals surface area contributed by atoms with Crippen LogP contribution < -0.4 is 4.90 Å². The monoisotopic (exact) mass is 481 g/mol. The molecule has 1 atom stereocenters. The van der Waals surface area contributed by atoms with Crippen molar-refractivity contribution in [2.24, 2.45) is 0 Å². The summed E-state index contributed by atoms with van der Waals surface area (Å²) in [5.74, 6) is -0.525. The Kier molecular flexibility index (Phi) is 6.75. The Morgan fingerprint density at radius 3 is 1.94 bits per heavy atom. The normalized spacial score (nSPS) is 14.4. The first kappa shape index (κ1) is 23.3. The molecule has 0 radical (unpaired) electrons. The number of nitrogens with zero attached hydrogens (tertiary/aromatic N) is 5. The molecule has 1 aliphatic heterocycles. The van der Waals surface area contributed by atoms with E-state index < -0.39 is 12.1 Å². The van der Waals surface area contributed by atoms with Crippen LogP contribution in [0.1, 0.15) is 17.5 Å². The van der Waals surface area contributed by atoms with Crippen LogP contribution in [0.3, 0.4) is 0 Å². The van der Waals surface area contributed by atoms with Crippen LogP contribution in [0.15, 0.2) is 91.0 Å². The Hall–Kier alpha value is -4.46. The second kappa shape index (κ2) is 10.4. The molecule has 182 valence electrons. The van der Waals surface area contributed by atoms with Crippen LogP contribution in [-0.2, 0) is 9.53 Å². The van der Waals surface area contributed by atoms with E-state index in [-0.39, 0.29) is 11.7 Å². The van der Waals surface area contributed by atoms with Gasteiger partial charge in [-0.25, -0.2) is 14.5 Å². The van der Waals surface area contributed by atoms with E-state index in [0.717, 1.165) is 30.0 Å². The van der Waals surface area contributed by atoms with Crippen molar-refractivity contribution in [3.05, 3.63) is 96.8 Å². The van der Waals surface area contributed by atoms with Gasteiger partial charge in [0.25, 0.3) is 11.7 Å². The van der Waals surface area contributed by atoms with Gasteiger partial charge in [0.1, 0.15) is 0 Å². The molecule has 4 aromatic rings. The zero-order valence-electron chi connectivity index (χ0n) is 20.0. The zero-order valence-corrected chi connectivity index (χ0v) is 20.0. The van der Waals surface area contributed by atoms with Crippen LogP contribution in [0.5, 0.6) is 0 Å². The van der Waals surface area contributed by atoms with Gasteiger partial charge in [0, 0.05) is 37.4 Å². The number of benzene rings is 3. The third-order valence-electron chi connectivity index (χ3n) is 6.17. The van der Waals surface area contributed by atoms with Gasteiger partial charge in [-0.3, -0.25) is 4.79 Å². The molecule has 1 unspecified atom stereocenters. The summed E-state index contributed by atoms with van der Waals surface area (Å²) in [4.78, 5) is 34.4. The van der Waals surface area contributed by atoms with Crippen molar-refractivity contribution in [3.8, 4) is 17.1 Å². The summed E-state index contributed by atoms with van der Waals surface area (Å²) in [6.07, 6.45) is -0.940. The highest BCUT2D eigenvalue weighted by molar-refractivity contribution is 5.90. The topological polar surface area (TPSA) is 80.6 Å². The predicted octanol–water partition coefficient (Wildman–Crippen LogP) is 3.83. The van der Waals surface area contributed by atoms with Gasteiger partial charge in [-0.1, -0.05) is 66.7 Å². The third-order valence-corrected chi connectivity index (χ3v) is 6.17. The van der Waals surface area contributed by atoms with Gasteiger partial charge in [0.05, 0.1) is 5.69 Å². The Morgan fingerprint density at radius 1 is 0.778 bits per heavy atom. The number of piperazine rings is 1. The van der Waals surface area contributed by atoms with E-state index >= 15 is 0 Å². The molecule has 1 aliphatic rings. The van der Waals surface area contributed by atoms with Gasteiger partial charge in [0.15, 0.2) is 11.9 Å². The summed E-state index contributed by atoms with van der Waals surface area (Å²) in [6, 6.07) is 29.1. The summed E-state index contributed by atoms with van der Waals surface area (Å²) in [7, 11) is 0. The minimum absolute atomic E-state index is 0.0914. The summed E-state index contributed by atoms with van der Waals surface area (Å²) in [5.41, 5.74) is 2.72. The van der Waals surface area contributed by atoms with E-state index in [2.05, 4.69) is 27.1 Å². The van der Waals surface area contributed by atoms with Crippen molar-refractivity contribution in [1.29, 1.82) is 0 Å². The van der Waals surface area contributed by atoms with Gasteiger partial charge in [-0.2, -0.15) is 0 Å². The number of anilines is 1. The molecule has 0 spiro atoms. The first-order chi connectivity index (χ1) is 17.6. The van der Waals surface area contributed by atoms with E-state index in [0.29, 0.717) is 18.9 Å². The molecule has 0 saturated carbocycles. The standard InChI is InChI=1S/C28H27N5O3/c1-21(27(34)32-19-17-31(18-20-32)23-13-7-3-8-14-23)36-28(35)25-29-26(22-11-5-2-6-12-22)33(30-25)24-15-9-4-10-16-24/h2-16,21H,17-20H2,1H3. The van der Waals surface area contributed by atoms with E-state index in [1.54, 1.807) is 16.5 Å². The lowest BCUT2D eigenvalue weighted by molar-refractivity contribution is -0.140. The van der Waals surface area contributed by atoms with Gasteiger partial charge in [-0.05, 0) is 31.2 Å². The van der Waals surface area contributed by atoms with Crippen LogP contribution in [0.25, 0.3) is 17.1 Å². The third kappa shape index (κ3) is 4.98. The second-order valence-corrected chi connectivity index (χ2v) is 8.57. The second-order valence-electron chi connectivity index (χ2n) is 8.57. The van der Waals surface area contributed by atoms with Crippen LogP contribution in [0, 0.1) is 0 Å². The number of amides is 1. The summed E-state index contributed by atoms with van der Waals surface area (Å²) in [6.45, 7) is 4.17. The highest BCUT2D eigenvalue weighted by Gasteiger charge is 2.29. The van der Waals surface area contributed by atoms with Crippen molar-refractivity contribution in [2.45, 2.75) is 13.0 Å². The van der Waals surface area contributed by atoms with E-state index in [1.807, 2.05) is 78.9 Å². The lowest BCUT2D eigenvalue weighted by atomic mass is 10.2. The number of hydrogen-bond donors (Lipinski definition) is 0. The molecule has 5 rings (SSSR count). The Balaban J connectivity index is 1.28. The first-order valence-corrected chi connectivity index (χ1v) is 12.0. The number of para-hydroxylation sites is 2. The number of carbonyl (C=O) groups excluding carboxylic acids is 2. The molecule has 0 aliphatic carbocycles. The van der Waals surface area contributed by atoms with Crippen molar-refractivity contribution in [1.82, 2.24) is 19.7 Å². The van der Waals surface area contributed by atoms with Crippen LogP contribution in [0.4, 0.5) is 5.69 Å². The SMILES string of the molecule is CC(OC(=O)c1nc(-c2ccccc2)n(-c2ccccc2)n1)C(=O)N1CCN(c2ccccc2)CC1. The Labute approximate surface area is 209 Å². The number of esters is 1. The van der Waals surface area contributed by atoms with Crippen LogP contribution in [-0.4, -0.2) is 63.8 Å². The highest BCUT2D eigenvalue weighted by Crippen LogP contribution is 2.22. The van der Waals surface area contributed by atoms with E-state index in [9.17, 15) is 9.59 Å². The fourth-order valence-corrected chi connectivity index (χ4v) is 4.27. The fourth-order valence-electron chi connectivity index (χ4n) is 4.27. The average Bonchev–Trinajstić information content (AvgIpc) is 3.40. The molecule has 1 fully saturated rings. The molecule has 2 heterocycles. The molecule has 8 heteroatoms. The number of hydrogen-bond acceptors (Lipinski definition) is 6. The molecular weight excluding hydrogens is 454 g/mol. The highest BCUT2D eigenvalue weighted by atomic mass is 16.5. The molecule has 0 N–H and O–H groups in total. The Bertz CT molecular complexity index is 1260. The predicted molar refractivity (Wildman–Crippen MR) is 137 cm³/mol. The smallest absolute Gasteiger partial charge is 0.379 e. The van der Waals surface area contributed by atoms with Gasteiger partial charge >= 0.3 is 5.97 Å².